The Balaban J connectivity index is 2.39. The van der Waals surface area contributed by atoms with Gasteiger partial charge in [0.1, 0.15) is 0 Å². The summed E-state index contributed by atoms with van der Waals surface area (Å²) in [6.07, 6.45) is -0.154. The van der Waals surface area contributed by atoms with E-state index in [4.69, 9.17) is 20.3 Å². The van der Waals surface area contributed by atoms with E-state index < -0.39 is 12.0 Å². The second-order valence-corrected chi connectivity index (χ2v) is 4.25. The average Bonchev–Trinajstić information content (AvgIpc) is 2.63. The van der Waals surface area contributed by atoms with E-state index in [2.05, 4.69) is 15.9 Å². The van der Waals surface area contributed by atoms with E-state index in [0.29, 0.717) is 17.1 Å². The van der Waals surface area contributed by atoms with Crippen LogP contribution >= 0.6 is 15.9 Å². The van der Waals surface area contributed by atoms with Gasteiger partial charge in [0.05, 0.1) is 6.42 Å². The van der Waals surface area contributed by atoms with Gasteiger partial charge in [-0.25, -0.2) is 0 Å². The number of carbonyl (C=O) groups is 1. The minimum absolute atomic E-state index is 0.137. The molecule has 5 nitrogen and oxygen atoms in total. The fourth-order valence-corrected chi connectivity index (χ4v) is 2.21. The molecule has 0 bridgehead atoms. The molecule has 1 heterocycles. The van der Waals surface area contributed by atoms with E-state index >= 15 is 0 Å². The first kappa shape index (κ1) is 11.2. The van der Waals surface area contributed by atoms with Crippen molar-refractivity contribution in [1.82, 2.24) is 0 Å². The van der Waals surface area contributed by atoms with E-state index in [1.165, 1.54) is 0 Å². The molecule has 0 amide bonds. The molecule has 2 rings (SSSR count). The number of hydrogen-bond acceptors (Lipinski definition) is 4. The summed E-state index contributed by atoms with van der Waals surface area (Å²) in [5.74, 6) is 0.179. The van der Waals surface area contributed by atoms with E-state index in [9.17, 15) is 4.79 Å². The van der Waals surface area contributed by atoms with Crippen LogP contribution in [0.4, 0.5) is 0 Å². The number of aliphatic carboxylic acids is 1. The van der Waals surface area contributed by atoms with E-state index in [0.717, 1.165) is 4.47 Å². The molecule has 0 saturated carbocycles. The maximum atomic E-state index is 10.6. The highest BCUT2D eigenvalue weighted by molar-refractivity contribution is 9.10. The zero-order valence-corrected chi connectivity index (χ0v) is 9.86. The monoisotopic (exact) mass is 287 g/mol. The number of carboxylic acid groups (broad SMARTS) is 1. The Hall–Kier alpha value is -1.27. The van der Waals surface area contributed by atoms with Crippen LogP contribution in [0.1, 0.15) is 18.0 Å². The smallest absolute Gasteiger partial charge is 0.305 e. The molecule has 6 heteroatoms. The first-order valence-electron chi connectivity index (χ1n) is 4.65. The van der Waals surface area contributed by atoms with Crippen molar-refractivity contribution < 1.29 is 19.4 Å². The molecule has 3 N–H and O–H groups in total. The summed E-state index contributed by atoms with van der Waals surface area (Å²) < 4.78 is 11.2. The van der Waals surface area contributed by atoms with Crippen LogP contribution in [0, 0.1) is 0 Å². The third kappa shape index (κ3) is 1.98. The Bertz CT molecular complexity index is 435. The first-order valence-corrected chi connectivity index (χ1v) is 5.44. The number of fused-ring (bicyclic) bond motifs is 1. The Morgan fingerprint density at radius 3 is 3.00 bits per heavy atom. The highest BCUT2D eigenvalue weighted by atomic mass is 79.9. The standard InChI is InChI=1S/C10H10BrNO4/c11-5-1-2-7-10(16-4-15-7)9(5)6(12)3-8(13)14/h1-2,6H,3-4,12H2,(H,13,14). The van der Waals surface area contributed by atoms with Crippen LogP contribution in [-0.4, -0.2) is 17.9 Å². The van der Waals surface area contributed by atoms with E-state index in [-0.39, 0.29) is 13.2 Å². The van der Waals surface area contributed by atoms with Gasteiger partial charge in [-0.15, -0.1) is 0 Å². The maximum absolute atomic E-state index is 10.6. The molecule has 1 aromatic rings. The molecule has 0 fully saturated rings. The number of hydrogen-bond donors (Lipinski definition) is 2. The number of nitrogens with two attached hydrogens (primary N) is 1. The molecule has 86 valence electrons. The highest BCUT2D eigenvalue weighted by Crippen LogP contribution is 2.42. The lowest BCUT2D eigenvalue weighted by Gasteiger charge is -2.14. The molecule has 1 aromatic carbocycles. The first-order chi connectivity index (χ1) is 7.59. The summed E-state index contributed by atoms with van der Waals surface area (Å²) in [6, 6.07) is 2.90. The van der Waals surface area contributed by atoms with Gasteiger partial charge >= 0.3 is 5.97 Å². The quantitative estimate of drug-likeness (QED) is 0.883. The summed E-state index contributed by atoms with van der Waals surface area (Å²) in [4.78, 5) is 10.6. The highest BCUT2D eigenvalue weighted by Gasteiger charge is 2.25. The van der Waals surface area contributed by atoms with Crippen LogP contribution in [0.15, 0.2) is 16.6 Å². The third-order valence-corrected chi connectivity index (χ3v) is 2.98. The Morgan fingerprint density at radius 1 is 1.56 bits per heavy atom. The summed E-state index contributed by atoms with van der Waals surface area (Å²) in [5, 5.41) is 8.72. The summed E-state index contributed by atoms with van der Waals surface area (Å²) in [7, 11) is 0. The van der Waals surface area contributed by atoms with Gasteiger partial charge in [-0.3, -0.25) is 4.79 Å². The fourth-order valence-electron chi connectivity index (χ4n) is 1.61. The molecule has 0 saturated heterocycles. The zero-order chi connectivity index (χ0) is 11.7. The van der Waals surface area contributed by atoms with Gasteiger partial charge < -0.3 is 20.3 Å². The fraction of sp³-hybridized carbons (Fsp3) is 0.300. The van der Waals surface area contributed by atoms with Gasteiger partial charge in [0.2, 0.25) is 6.79 Å². The second-order valence-electron chi connectivity index (χ2n) is 3.40. The van der Waals surface area contributed by atoms with Gasteiger partial charge in [-0.05, 0) is 12.1 Å². The molecule has 0 spiro atoms. The van der Waals surface area contributed by atoms with Crippen molar-refractivity contribution in [2.24, 2.45) is 5.73 Å². The van der Waals surface area contributed by atoms with Gasteiger partial charge in [-0.2, -0.15) is 0 Å². The number of carboxylic acids is 1. The predicted molar refractivity (Wildman–Crippen MR) is 59.4 cm³/mol. The SMILES string of the molecule is NC(CC(=O)O)c1c(Br)ccc2c1OCO2. The van der Waals surface area contributed by atoms with E-state index in [1.54, 1.807) is 12.1 Å². The van der Waals surface area contributed by atoms with Crippen LogP contribution in [0.2, 0.25) is 0 Å². The summed E-state index contributed by atoms with van der Waals surface area (Å²) >= 11 is 3.33. The van der Waals surface area contributed by atoms with Gasteiger partial charge in [0.25, 0.3) is 0 Å². The van der Waals surface area contributed by atoms with Crippen LogP contribution in [0.5, 0.6) is 11.5 Å². The average molecular weight is 288 g/mol. The number of halogens is 1. The number of benzene rings is 1. The number of rotatable bonds is 3. The second kappa shape index (κ2) is 4.31. The molecule has 1 aliphatic heterocycles. The van der Waals surface area contributed by atoms with Crippen molar-refractivity contribution >= 4 is 21.9 Å². The third-order valence-electron chi connectivity index (χ3n) is 2.29. The topological polar surface area (TPSA) is 81.8 Å². The number of ether oxygens (including phenoxy) is 2. The Labute approximate surface area is 100 Å². The van der Waals surface area contributed by atoms with Crippen molar-refractivity contribution in [3.05, 3.63) is 22.2 Å². The molecule has 1 unspecified atom stereocenters. The van der Waals surface area contributed by atoms with Gasteiger partial charge in [0.15, 0.2) is 11.5 Å². The van der Waals surface area contributed by atoms with Crippen molar-refractivity contribution in [2.45, 2.75) is 12.5 Å². The maximum Gasteiger partial charge on any atom is 0.305 e. The molecule has 0 aromatic heterocycles. The minimum atomic E-state index is -0.948. The summed E-state index contributed by atoms with van der Waals surface area (Å²) in [6.45, 7) is 0.137. The van der Waals surface area contributed by atoms with Crippen molar-refractivity contribution in [2.75, 3.05) is 6.79 Å². The lowest BCUT2D eigenvalue weighted by Crippen LogP contribution is -2.16. The van der Waals surface area contributed by atoms with Crippen LogP contribution in [0.25, 0.3) is 0 Å². The molecule has 0 radical (unpaired) electrons. The van der Waals surface area contributed by atoms with Crippen molar-refractivity contribution in [1.29, 1.82) is 0 Å². The Morgan fingerprint density at radius 2 is 2.31 bits per heavy atom. The Kier molecular flexibility index (Phi) is 3.02. The van der Waals surface area contributed by atoms with Crippen molar-refractivity contribution in [3.63, 3.8) is 0 Å². The van der Waals surface area contributed by atoms with Crippen LogP contribution in [-0.2, 0) is 4.79 Å². The van der Waals surface area contributed by atoms with Gasteiger partial charge in [-0.1, -0.05) is 15.9 Å². The largest absolute Gasteiger partial charge is 0.481 e. The van der Waals surface area contributed by atoms with E-state index in [1.807, 2.05) is 0 Å². The normalized spacial score (nSPS) is 14.9. The van der Waals surface area contributed by atoms with Crippen molar-refractivity contribution in [3.8, 4) is 11.5 Å². The molecule has 16 heavy (non-hydrogen) atoms. The zero-order valence-electron chi connectivity index (χ0n) is 8.27. The van der Waals surface area contributed by atoms with Crippen LogP contribution in [0.3, 0.4) is 0 Å². The molecule has 0 aliphatic carbocycles. The molecular formula is C10H10BrNO4. The lowest BCUT2D eigenvalue weighted by atomic mass is 10.0. The van der Waals surface area contributed by atoms with Gasteiger partial charge in [0, 0.05) is 16.1 Å². The summed E-state index contributed by atoms with van der Waals surface area (Å²) in [5.41, 5.74) is 6.46. The molecule has 1 aliphatic rings. The minimum Gasteiger partial charge on any atom is -0.481 e. The predicted octanol–water partition coefficient (Wildman–Crippen LogP) is 1.65. The lowest BCUT2D eigenvalue weighted by molar-refractivity contribution is -0.137. The molecule has 1 atom stereocenters. The molecular weight excluding hydrogens is 278 g/mol. The van der Waals surface area contributed by atoms with Crippen LogP contribution < -0.4 is 15.2 Å².